The molecule has 26 nitrogen and oxygen atoms in total. The number of nitrogens with one attached hydrogen (secondary N) is 5. The number of primary amides is 1. The topological polar surface area (TPSA) is 459 Å². The number of amides is 7. The van der Waals surface area contributed by atoms with Gasteiger partial charge in [-0.2, -0.15) is 0 Å². The molecule has 0 radical (unpaired) electrons. The van der Waals surface area contributed by atoms with Crippen LogP contribution in [0.25, 0.3) is 0 Å². The standard InChI is InChI=1S/C33H58N14O12/c1-15(2)24(46-25(52)16(34)12-23(50)51)29(56)44-19(13-22(35)49)27(54)42-17(6-3-9-40-32(36)37)26(53)43-18(7-4-10-41-33(38)39)30(57)47-11-5-8-21(47)28(55)45-20(14-48)31(58)59/h15-21,24,48H,3-14,34H2,1-2H3,(H2,35,49)(H,42,54)(H,43,53)(H,44,56)(H,45,55)(H,46,52)(H,50,51)(H,58,59)(H4,36,37,40)(H4,38,39,41)/t16-,17-,18-,19-,20-,21-,24-/m0/s1. The first-order valence-corrected chi connectivity index (χ1v) is 18.6. The number of carbonyl (C=O) groups excluding carboxylic acids is 7. The van der Waals surface area contributed by atoms with Gasteiger partial charge in [0.05, 0.1) is 25.5 Å². The van der Waals surface area contributed by atoms with Gasteiger partial charge in [0, 0.05) is 19.6 Å². The highest BCUT2D eigenvalue weighted by Crippen LogP contribution is 2.20. The van der Waals surface area contributed by atoms with Crippen LogP contribution < -0.4 is 61.0 Å². The second-order valence-corrected chi connectivity index (χ2v) is 14.0. The Morgan fingerprint density at radius 2 is 1.22 bits per heavy atom. The van der Waals surface area contributed by atoms with Crippen LogP contribution in [-0.4, -0.2) is 154 Å². The zero-order valence-electron chi connectivity index (χ0n) is 32.9. The Kier molecular flexibility index (Phi) is 21.6. The van der Waals surface area contributed by atoms with Crippen LogP contribution >= 0.6 is 0 Å². The lowest BCUT2D eigenvalue weighted by atomic mass is 10.0. The Bertz CT molecular complexity index is 1580. The molecule has 0 spiro atoms. The predicted molar refractivity (Wildman–Crippen MR) is 208 cm³/mol. The summed E-state index contributed by atoms with van der Waals surface area (Å²) in [6.45, 7) is 2.20. The SMILES string of the molecule is CC(C)[C@H](NC(=O)[C@@H](N)CC(=O)O)C(=O)N[C@@H](CC(N)=O)C(=O)N[C@@H](CCCN=C(N)N)C(=O)N[C@@H](CCCN=C(N)N)C(=O)N1CCC[C@H]1C(=O)N[C@@H](CO)C(=O)O. The highest BCUT2D eigenvalue weighted by molar-refractivity contribution is 5.98. The summed E-state index contributed by atoms with van der Waals surface area (Å²) in [5.74, 6) is -10.6. The van der Waals surface area contributed by atoms with Gasteiger partial charge >= 0.3 is 11.9 Å². The van der Waals surface area contributed by atoms with Gasteiger partial charge in [-0.1, -0.05) is 13.8 Å². The molecular formula is C33H58N14O12. The molecule has 7 atom stereocenters. The maximum atomic E-state index is 14.0. The summed E-state index contributed by atoms with van der Waals surface area (Å²) in [5, 5.41) is 39.5. The second kappa shape index (κ2) is 25.1. The van der Waals surface area contributed by atoms with Crippen molar-refractivity contribution in [1.82, 2.24) is 31.5 Å². The number of likely N-dealkylation sites (tertiary alicyclic amines) is 1. The lowest BCUT2D eigenvalue weighted by Gasteiger charge is -2.30. The molecule has 0 aromatic rings. The van der Waals surface area contributed by atoms with Crippen molar-refractivity contribution in [3.8, 4) is 0 Å². The fourth-order valence-electron chi connectivity index (χ4n) is 5.78. The van der Waals surface area contributed by atoms with Crippen molar-refractivity contribution in [2.45, 2.75) is 108 Å². The van der Waals surface area contributed by atoms with E-state index in [2.05, 4.69) is 36.6 Å². The summed E-state index contributed by atoms with van der Waals surface area (Å²) < 4.78 is 0. The second-order valence-electron chi connectivity index (χ2n) is 14.0. The fraction of sp³-hybridized carbons (Fsp3) is 0.667. The van der Waals surface area contributed by atoms with Crippen molar-refractivity contribution in [3.63, 3.8) is 0 Å². The van der Waals surface area contributed by atoms with Crippen LogP contribution in [0.1, 0.15) is 65.2 Å². The van der Waals surface area contributed by atoms with E-state index in [-0.39, 0.29) is 63.7 Å². The monoisotopic (exact) mass is 842 g/mol. The van der Waals surface area contributed by atoms with Crippen LogP contribution in [0, 0.1) is 5.92 Å². The van der Waals surface area contributed by atoms with Crippen LogP contribution in [0.4, 0.5) is 0 Å². The average Bonchev–Trinajstić information content (AvgIpc) is 3.63. The quantitative estimate of drug-likeness (QED) is 0.0218. The minimum absolute atomic E-state index is 0.0141. The molecule has 20 N–H and O–H groups in total. The molecule has 1 heterocycles. The Hall–Kier alpha value is -6.31. The van der Waals surface area contributed by atoms with Gasteiger partial charge in [-0.25, -0.2) is 4.79 Å². The minimum Gasteiger partial charge on any atom is -0.481 e. The average molecular weight is 843 g/mol. The van der Waals surface area contributed by atoms with Crippen LogP contribution in [0.15, 0.2) is 9.98 Å². The molecule has 1 rings (SSSR count). The number of carboxylic acid groups (broad SMARTS) is 2. The van der Waals surface area contributed by atoms with Gasteiger partial charge < -0.3 is 81.2 Å². The smallest absolute Gasteiger partial charge is 0.328 e. The first kappa shape index (κ1) is 50.7. The summed E-state index contributed by atoms with van der Waals surface area (Å²) in [6, 6.07) is -10.2. The Labute approximate surface area is 339 Å². The third-order valence-corrected chi connectivity index (χ3v) is 8.79. The van der Waals surface area contributed by atoms with Gasteiger partial charge in [0.2, 0.25) is 41.4 Å². The van der Waals surface area contributed by atoms with E-state index in [1.165, 1.54) is 13.8 Å². The largest absolute Gasteiger partial charge is 0.481 e. The number of aliphatic carboxylic acids is 2. The van der Waals surface area contributed by atoms with Crippen LogP contribution in [0.5, 0.6) is 0 Å². The van der Waals surface area contributed by atoms with E-state index >= 15 is 0 Å². The Balaban J connectivity index is 3.45. The van der Waals surface area contributed by atoms with E-state index in [1.807, 2.05) is 0 Å². The number of nitrogens with two attached hydrogens (primary N) is 6. The number of rotatable bonds is 26. The van der Waals surface area contributed by atoms with Gasteiger partial charge in [-0.3, -0.25) is 48.3 Å². The summed E-state index contributed by atoms with van der Waals surface area (Å²) in [7, 11) is 0. The fourth-order valence-corrected chi connectivity index (χ4v) is 5.78. The molecule has 1 aliphatic rings. The van der Waals surface area contributed by atoms with Gasteiger partial charge in [0.15, 0.2) is 11.9 Å². The lowest BCUT2D eigenvalue weighted by Crippen LogP contribution is -2.60. The molecule has 0 bridgehead atoms. The molecule has 0 aliphatic carbocycles. The van der Waals surface area contributed by atoms with Crippen molar-refractivity contribution < 1.29 is 58.5 Å². The number of aliphatic imine (C=N–C) groups is 2. The lowest BCUT2D eigenvalue weighted by molar-refractivity contribution is -0.145. The minimum atomic E-state index is -1.71. The van der Waals surface area contributed by atoms with Crippen LogP contribution in [0.2, 0.25) is 0 Å². The third-order valence-electron chi connectivity index (χ3n) is 8.79. The van der Waals surface area contributed by atoms with E-state index < -0.39 is 121 Å². The zero-order chi connectivity index (χ0) is 45.0. The maximum absolute atomic E-state index is 14.0. The van der Waals surface area contributed by atoms with Crippen molar-refractivity contribution in [3.05, 3.63) is 0 Å². The van der Waals surface area contributed by atoms with E-state index in [0.717, 1.165) is 4.90 Å². The number of hydrogen-bond donors (Lipinski definition) is 14. The molecule has 59 heavy (non-hydrogen) atoms. The van der Waals surface area contributed by atoms with Crippen molar-refractivity contribution >= 4 is 65.2 Å². The summed E-state index contributed by atoms with van der Waals surface area (Å²) >= 11 is 0. The van der Waals surface area contributed by atoms with Gasteiger partial charge in [0.25, 0.3) is 0 Å². The first-order valence-electron chi connectivity index (χ1n) is 18.6. The summed E-state index contributed by atoms with van der Waals surface area (Å²) in [4.78, 5) is 124. The maximum Gasteiger partial charge on any atom is 0.328 e. The number of aliphatic hydroxyl groups is 1. The number of aliphatic hydroxyl groups excluding tert-OH is 1. The highest BCUT2D eigenvalue weighted by atomic mass is 16.4. The molecule has 0 saturated carbocycles. The number of carbonyl (C=O) groups is 9. The van der Waals surface area contributed by atoms with E-state index in [4.69, 9.17) is 39.5 Å². The number of nitrogens with zero attached hydrogens (tertiary/aromatic N) is 3. The van der Waals surface area contributed by atoms with Gasteiger partial charge in [0.1, 0.15) is 36.3 Å². The molecule has 0 aromatic carbocycles. The van der Waals surface area contributed by atoms with Crippen molar-refractivity contribution in [2.75, 3.05) is 26.2 Å². The first-order chi connectivity index (χ1) is 27.6. The molecule has 1 aliphatic heterocycles. The molecule has 1 fully saturated rings. The molecule has 1 saturated heterocycles. The van der Waals surface area contributed by atoms with E-state index in [9.17, 15) is 53.4 Å². The van der Waals surface area contributed by atoms with E-state index in [1.54, 1.807) is 0 Å². The molecular weight excluding hydrogens is 784 g/mol. The number of hydrogen-bond acceptors (Lipinski definition) is 13. The number of guanidine groups is 2. The van der Waals surface area contributed by atoms with Gasteiger partial charge in [-0.05, 0) is 44.4 Å². The molecule has 26 heteroatoms. The Morgan fingerprint density at radius 3 is 1.71 bits per heavy atom. The number of carboxylic acids is 2. The normalized spacial score (nSPS) is 16.5. The van der Waals surface area contributed by atoms with Gasteiger partial charge in [-0.15, -0.1) is 0 Å². The van der Waals surface area contributed by atoms with Crippen LogP contribution in [0.3, 0.4) is 0 Å². The molecule has 0 unspecified atom stereocenters. The van der Waals surface area contributed by atoms with Crippen molar-refractivity contribution in [1.29, 1.82) is 0 Å². The third kappa shape index (κ3) is 18.2. The zero-order valence-corrected chi connectivity index (χ0v) is 32.9. The van der Waals surface area contributed by atoms with Crippen LogP contribution in [-0.2, 0) is 43.2 Å². The summed E-state index contributed by atoms with van der Waals surface area (Å²) in [5.41, 5.74) is 32.7. The highest BCUT2D eigenvalue weighted by Gasteiger charge is 2.40. The predicted octanol–water partition coefficient (Wildman–Crippen LogP) is -7.08. The summed E-state index contributed by atoms with van der Waals surface area (Å²) in [6.07, 6.45) is -1.10. The Morgan fingerprint density at radius 1 is 0.695 bits per heavy atom. The molecule has 332 valence electrons. The molecule has 7 amide bonds. The van der Waals surface area contributed by atoms with Crippen molar-refractivity contribution in [2.24, 2.45) is 50.3 Å². The molecule has 0 aromatic heterocycles. The van der Waals surface area contributed by atoms with E-state index in [0.29, 0.717) is 6.42 Å².